The second kappa shape index (κ2) is 8.01. The molecule has 0 fully saturated rings. The summed E-state index contributed by atoms with van der Waals surface area (Å²) < 4.78 is 7.72. The summed E-state index contributed by atoms with van der Waals surface area (Å²) in [6.07, 6.45) is 1.56. The minimum Gasteiger partial charge on any atom is -0.495 e. The smallest absolute Gasteiger partial charge is 0.257 e. The number of methoxy groups -OCH3 is 1. The van der Waals surface area contributed by atoms with Gasteiger partial charge in [-0.3, -0.25) is 9.59 Å². The number of pyridine rings is 1. The molecule has 1 aromatic heterocycles. The van der Waals surface area contributed by atoms with Crippen molar-refractivity contribution in [2.75, 3.05) is 12.4 Å². The number of hydrogen-bond donors (Lipinski definition) is 1. The van der Waals surface area contributed by atoms with E-state index in [1.54, 1.807) is 25.4 Å². The second-order valence-corrected chi connectivity index (χ2v) is 6.58. The van der Waals surface area contributed by atoms with Gasteiger partial charge in [0.2, 0.25) is 0 Å². The molecule has 1 N–H and O–H groups in total. The molecule has 0 atom stereocenters. The Morgan fingerprint density at radius 1 is 1.08 bits per heavy atom. The first-order valence-electron chi connectivity index (χ1n) is 7.96. The SMILES string of the molecule is COc1ccccc1NC(=O)c1ccc(=O)n(Cc2ccc(Br)cc2)c1. The fourth-order valence-electron chi connectivity index (χ4n) is 2.52. The maximum atomic E-state index is 12.6. The van der Waals surface area contributed by atoms with Gasteiger partial charge in [0.15, 0.2) is 0 Å². The van der Waals surface area contributed by atoms with Crippen molar-refractivity contribution in [2.45, 2.75) is 6.54 Å². The van der Waals surface area contributed by atoms with Gasteiger partial charge in [0.05, 0.1) is 24.9 Å². The zero-order valence-corrected chi connectivity index (χ0v) is 15.7. The summed E-state index contributed by atoms with van der Waals surface area (Å²) in [5, 5.41) is 2.81. The third-order valence-electron chi connectivity index (χ3n) is 3.87. The van der Waals surface area contributed by atoms with Crippen molar-refractivity contribution in [1.82, 2.24) is 4.57 Å². The van der Waals surface area contributed by atoms with Gasteiger partial charge in [0.1, 0.15) is 5.75 Å². The van der Waals surface area contributed by atoms with Crippen molar-refractivity contribution in [3.05, 3.63) is 92.8 Å². The van der Waals surface area contributed by atoms with Gasteiger partial charge in [-0.2, -0.15) is 0 Å². The van der Waals surface area contributed by atoms with Crippen LogP contribution in [-0.4, -0.2) is 17.6 Å². The average molecular weight is 413 g/mol. The van der Waals surface area contributed by atoms with Crippen LogP contribution in [-0.2, 0) is 6.54 Å². The van der Waals surface area contributed by atoms with E-state index >= 15 is 0 Å². The lowest BCUT2D eigenvalue weighted by Crippen LogP contribution is -2.22. The van der Waals surface area contributed by atoms with E-state index in [0.717, 1.165) is 10.0 Å². The Balaban J connectivity index is 1.83. The van der Waals surface area contributed by atoms with Gasteiger partial charge in [-0.1, -0.05) is 40.2 Å². The molecule has 0 radical (unpaired) electrons. The molecule has 2 aromatic carbocycles. The highest BCUT2D eigenvalue weighted by atomic mass is 79.9. The summed E-state index contributed by atoms with van der Waals surface area (Å²) in [5.74, 6) is 0.267. The van der Waals surface area contributed by atoms with Crippen LogP contribution in [0.2, 0.25) is 0 Å². The number of hydrogen-bond acceptors (Lipinski definition) is 3. The number of carbonyl (C=O) groups excluding carboxylic acids is 1. The van der Waals surface area contributed by atoms with Gasteiger partial charge in [-0.15, -0.1) is 0 Å². The largest absolute Gasteiger partial charge is 0.495 e. The third kappa shape index (κ3) is 4.21. The molecule has 3 aromatic rings. The van der Waals surface area contributed by atoms with Gasteiger partial charge < -0.3 is 14.6 Å². The summed E-state index contributed by atoms with van der Waals surface area (Å²) >= 11 is 3.39. The summed E-state index contributed by atoms with van der Waals surface area (Å²) in [6.45, 7) is 0.391. The lowest BCUT2D eigenvalue weighted by Gasteiger charge is -2.11. The molecule has 0 aliphatic carbocycles. The summed E-state index contributed by atoms with van der Waals surface area (Å²) in [6, 6.07) is 17.8. The average Bonchev–Trinajstić information content (AvgIpc) is 2.65. The van der Waals surface area contributed by atoms with Crippen LogP contribution in [0.15, 0.2) is 76.1 Å². The predicted molar refractivity (Wildman–Crippen MR) is 105 cm³/mol. The van der Waals surface area contributed by atoms with Crippen LogP contribution in [0.5, 0.6) is 5.75 Å². The first kappa shape index (κ1) is 17.9. The molecule has 0 bridgehead atoms. The molecule has 26 heavy (non-hydrogen) atoms. The number of para-hydroxylation sites is 2. The van der Waals surface area contributed by atoms with Crippen molar-refractivity contribution in [3.8, 4) is 5.75 Å². The molecule has 0 aliphatic rings. The summed E-state index contributed by atoms with van der Waals surface area (Å²) in [5.41, 5.74) is 1.78. The molecule has 0 unspecified atom stereocenters. The van der Waals surface area contributed by atoms with Crippen molar-refractivity contribution < 1.29 is 9.53 Å². The highest BCUT2D eigenvalue weighted by Crippen LogP contribution is 2.23. The number of carbonyl (C=O) groups is 1. The molecule has 0 saturated carbocycles. The number of nitrogens with zero attached hydrogens (tertiary/aromatic N) is 1. The molecule has 5 nitrogen and oxygen atoms in total. The van der Waals surface area contributed by atoms with Crippen LogP contribution in [0, 0.1) is 0 Å². The molecular formula is C20H17BrN2O3. The van der Waals surface area contributed by atoms with E-state index in [2.05, 4.69) is 21.2 Å². The number of amides is 1. The minimum absolute atomic E-state index is 0.165. The van der Waals surface area contributed by atoms with E-state index in [1.165, 1.54) is 16.7 Å². The zero-order valence-electron chi connectivity index (χ0n) is 14.1. The molecule has 1 heterocycles. The van der Waals surface area contributed by atoms with Crippen LogP contribution < -0.4 is 15.6 Å². The molecule has 0 spiro atoms. The third-order valence-corrected chi connectivity index (χ3v) is 4.40. The lowest BCUT2D eigenvalue weighted by atomic mass is 10.2. The number of benzene rings is 2. The van der Waals surface area contributed by atoms with E-state index in [-0.39, 0.29) is 11.5 Å². The molecule has 0 aliphatic heterocycles. The monoisotopic (exact) mass is 412 g/mol. The Kier molecular flexibility index (Phi) is 5.53. The van der Waals surface area contributed by atoms with Crippen LogP contribution in [0.1, 0.15) is 15.9 Å². The van der Waals surface area contributed by atoms with Crippen LogP contribution in [0.25, 0.3) is 0 Å². The van der Waals surface area contributed by atoms with E-state index < -0.39 is 0 Å². The van der Waals surface area contributed by atoms with E-state index in [1.807, 2.05) is 36.4 Å². The fraction of sp³-hybridized carbons (Fsp3) is 0.100. The standard InChI is InChI=1S/C20H17BrN2O3/c1-26-18-5-3-2-4-17(18)22-20(25)15-8-11-19(24)23(13-15)12-14-6-9-16(21)10-7-14/h2-11,13H,12H2,1H3,(H,22,25). The molecule has 132 valence electrons. The highest BCUT2D eigenvalue weighted by molar-refractivity contribution is 9.10. The molecule has 0 saturated heterocycles. The zero-order chi connectivity index (χ0) is 18.5. The summed E-state index contributed by atoms with van der Waals surface area (Å²) in [4.78, 5) is 24.7. The fourth-order valence-corrected chi connectivity index (χ4v) is 2.78. The van der Waals surface area contributed by atoms with Crippen LogP contribution in [0.4, 0.5) is 5.69 Å². The first-order valence-corrected chi connectivity index (χ1v) is 8.75. The highest BCUT2D eigenvalue weighted by Gasteiger charge is 2.11. The Hall–Kier alpha value is -2.86. The van der Waals surface area contributed by atoms with Crippen LogP contribution in [0.3, 0.4) is 0 Å². The number of nitrogens with one attached hydrogen (secondary N) is 1. The number of halogens is 1. The Morgan fingerprint density at radius 3 is 2.54 bits per heavy atom. The minimum atomic E-state index is -0.306. The lowest BCUT2D eigenvalue weighted by molar-refractivity contribution is 0.102. The van der Waals surface area contributed by atoms with Crippen molar-refractivity contribution in [3.63, 3.8) is 0 Å². The summed E-state index contributed by atoms with van der Waals surface area (Å²) in [7, 11) is 1.55. The molecular weight excluding hydrogens is 396 g/mol. The van der Waals surface area contributed by atoms with Gasteiger partial charge in [-0.05, 0) is 35.9 Å². The van der Waals surface area contributed by atoms with Gasteiger partial charge in [0.25, 0.3) is 11.5 Å². The second-order valence-electron chi connectivity index (χ2n) is 5.66. The predicted octanol–water partition coefficient (Wildman–Crippen LogP) is 3.92. The maximum Gasteiger partial charge on any atom is 0.257 e. The number of aromatic nitrogens is 1. The van der Waals surface area contributed by atoms with Gasteiger partial charge >= 0.3 is 0 Å². The number of ether oxygens (including phenoxy) is 1. The number of anilines is 1. The van der Waals surface area contributed by atoms with E-state index in [9.17, 15) is 9.59 Å². The number of rotatable bonds is 5. The quantitative estimate of drug-likeness (QED) is 0.690. The van der Waals surface area contributed by atoms with Gasteiger partial charge in [0, 0.05) is 16.7 Å². The van der Waals surface area contributed by atoms with E-state index in [0.29, 0.717) is 23.5 Å². The topological polar surface area (TPSA) is 60.3 Å². The molecule has 3 rings (SSSR count). The molecule has 1 amide bonds. The van der Waals surface area contributed by atoms with Gasteiger partial charge in [-0.25, -0.2) is 0 Å². The maximum absolute atomic E-state index is 12.6. The Bertz CT molecular complexity index is 981. The van der Waals surface area contributed by atoms with Crippen molar-refractivity contribution in [2.24, 2.45) is 0 Å². The first-order chi connectivity index (χ1) is 12.6. The van der Waals surface area contributed by atoms with Crippen LogP contribution >= 0.6 is 15.9 Å². The van der Waals surface area contributed by atoms with E-state index in [4.69, 9.17) is 4.74 Å². The Morgan fingerprint density at radius 2 is 1.81 bits per heavy atom. The molecule has 6 heteroatoms. The van der Waals surface area contributed by atoms with Crippen molar-refractivity contribution in [1.29, 1.82) is 0 Å². The van der Waals surface area contributed by atoms with Crippen molar-refractivity contribution >= 4 is 27.5 Å². The Labute approximate surface area is 159 Å². The normalized spacial score (nSPS) is 10.4.